The largest absolute Gasteiger partial charge is 0.352 e. The Morgan fingerprint density at radius 2 is 1.95 bits per heavy atom. The molecule has 0 spiro atoms. The monoisotopic (exact) mass is 281 g/mol. The van der Waals surface area contributed by atoms with E-state index in [4.69, 9.17) is 5.73 Å². The van der Waals surface area contributed by atoms with Crippen LogP contribution in [0.25, 0.3) is 0 Å². The Balaban J connectivity index is 2.22. The smallest absolute Gasteiger partial charge is 0.251 e. The van der Waals surface area contributed by atoms with Crippen LogP contribution in [0.4, 0.5) is 4.39 Å². The molecular weight excluding hydrogens is 261 g/mol. The van der Waals surface area contributed by atoms with Crippen molar-refractivity contribution in [1.29, 1.82) is 0 Å². The lowest BCUT2D eigenvalue weighted by Crippen LogP contribution is -2.38. The van der Waals surface area contributed by atoms with E-state index < -0.39 is 0 Å². The summed E-state index contributed by atoms with van der Waals surface area (Å²) in [5, 5.41) is 5.41. The molecule has 110 valence electrons. The summed E-state index contributed by atoms with van der Waals surface area (Å²) in [6, 6.07) is 5.25. The second kappa shape index (κ2) is 8.27. The molecule has 0 unspecified atom stereocenters. The topological polar surface area (TPSA) is 84.2 Å². The van der Waals surface area contributed by atoms with E-state index in [2.05, 4.69) is 10.6 Å². The van der Waals surface area contributed by atoms with Crippen molar-refractivity contribution in [2.75, 3.05) is 13.1 Å². The number of carbonyl (C=O) groups is 2. The van der Waals surface area contributed by atoms with E-state index in [1.165, 1.54) is 24.3 Å². The van der Waals surface area contributed by atoms with Gasteiger partial charge in [0.15, 0.2) is 0 Å². The molecule has 5 nitrogen and oxygen atoms in total. The summed E-state index contributed by atoms with van der Waals surface area (Å²) < 4.78 is 12.7. The molecular formula is C14H20FN3O2. The second-order valence-corrected chi connectivity index (χ2v) is 4.57. The first kappa shape index (κ1) is 16.1. The Bertz CT molecular complexity index is 448. The van der Waals surface area contributed by atoms with Crippen LogP contribution in [0.1, 0.15) is 30.1 Å². The van der Waals surface area contributed by atoms with Gasteiger partial charge in [0.1, 0.15) is 5.82 Å². The maximum atomic E-state index is 12.7. The van der Waals surface area contributed by atoms with Crippen LogP contribution in [-0.2, 0) is 4.79 Å². The molecule has 6 heteroatoms. The summed E-state index contributed by atoms with van der Waals surface area (Å²) in [6.07, 6.45) is 0.865. The minimum absolute atomic E-state index is 0.0451. The van der Waals surface area contributed by atoms with Crippen molar-refractivity contribution in [3.05, 3.63) is 35.6 Å². The number of hydrogen-bond donors (Lipinski definition) is 3. The van der Waals surface area contributed by atoms with Gasteiger partial charge in [-0.05, 0) is 37.6 Å². The van der Waals surface area contributed by atoms with Gasteiger partial charge in [-0.25, -0.2) is 4.39 Å². The number of nitrogens with one attached hydrogen (secondary N) is 2. The van der Waals surface area contributed by atoms with E-state index in [1.807, 2.05) is 6.92 Å². The molecule has 0 saturated carbocycles. The van der Waals surface area contributed by atoms with Crippen molar-refractivity contribution in [1.82, 2.24) is 10.6 Å². The van der Waals surface area contributed by atoms with E-state index in [1.54, 1.807) is 0 Å². The third-order valence-corrected chi connectivity index (χ3v) is 2.73. The third kappa shape index (κ3) is 5.79. The van der Waals surface area contributed by atoms with Crippen LogP contribution in [0.2, 0.25) is 0 Å². The van der Waals surface area contributed by atoms with Gasteiger partial charge in [-0.1, -0.05) is 0 Å². The molecule has 1 aromatic rings. The van der Waals surface area contributed by atoms with Crippen LogP contribution in [0.15, 0.2) is 24.3 Å². The van der Waals surface area contributed by atoms with Gasteiger partial charge >= 0.3 is 0 Å². The molecule has 0 aromatic heterocycles. The number of nitrogens with two attached hydrogens (primary N) is 1. The molecule has 0 saturated heterocycles. The first-order valence-corrected chi connectivity index (χ1v) is 6.56. The van der Waals surface area contributed by atoms with Gasteiger partial charge in [0, 0.05) is 31.1 Å². The molecule has 0 bridgehead atoms. The van der Waals surface area contributed by atoms with Crippen molar-refractivity contribution >= 4 is 11.8 Å². The molecule has 2 amide bonds. The number of halogens is 1. The minimum Gasteiger partial charge on any atom is -0.352 e. The number of carbonyl (C=O) groups excluding carboxylic acids is 2. The number of benzene rings is 1. The molecule has 0 aliphatic rings. The van der Waals surface area contributed by atoms with E-state index >= 15 is 0 Å². The van der Waals surface area contributed by atoms with Gasteiger partial charge in [0.05, 0.1) is 0 Å². The summed E-state index contributed by atoms with van der Waals surface area (Å²) in [5.74, 6) is -0.744. The summed E-state index contributed by atoms with van der Waals surface area (Å²) in [6.45, 7) is 2.61. The molecule has 0 heterocycles. The fraction of sp³-hybridized carbons (Fsp3) is 0.429. The fourth-order valence-corrected chi connectivity index (χ4v) is 1.56. The minimum atomic E-state index is -0.382. The summed E-state index contributed by atoms with van der Waals surface area (Å²) in [5.41, 5.74) is 5.79. The maximum Gasteiger partial charge on any atom is 0.251 e. The maximum absolute atomic E-state index is 12.7. The normalized spacial score (nSPS) is 11.8. The first-order chi connectivity index (χ1) is 9.52. The van der Waals surface area contributed by atoms with Crippen molar-refractivity contribution in [2.24, 2.45) is 5.73 Å². The van der Waals surface area contributed by atoms with Gasteiger partial charge < -0.3 is 16.4 Å². The lowest BCUT2D eigenvalue weighted by molar-refractivity contribution is -0.121. The Hall–Kier alpha value is -1.95. The molecule has 20 heavy (non-hydrogen) atoms. The predicted octanol–water partition coefficient (Wildman–Crippen LogP) is 0.799. The average Bonchev–Trinajstić information content (AvgIpc) is 2.44. The van der Waals surface area contributed by atoms with Gasteiger partial charge in [-0.2, -0.15) is 0 Å². The van der Waals surface area contributed by atoms with Crippen molar-refractivity contribution < 1.29 is 14.0 Å². The molecule has 0 aliphatic carbocycles. The highest BCUT2D eigenvalue weighted by molar-refractivity contribution is 5.94. The highest BCUT2D eigenvalue weighted by Gasteiger charge is 2.07. The summed E-state index contributed by atoms with van der Waals surface area (Å²) in [7, 11) is 0. The average molecular weight is 281 g/mol. The van der Waals surface area contributed by atoms with Crippen molar-refractivity contribution in [3.63, 3.8) is 0 Å². The molecule has 0 fully saturated rings. The predicted molar refractivity (Wildman–Crippen MR) is 74.6 cm³/mol. The highest BCUT2D eigenvalue weighted by atomic mass is 19.1. The van der Waals surface area contributed by atoms with E-state index in [9.17, 15) is 14.0 Å². The van der Waals surface area contributed by atoms with Crippen LogP contribution < -0.4 is 16.4 Å². The summed E-state index contributed by atoms with van der Waals surface area (Å²) >= 11 is 0. The molecule has 1 rings (SSSR count). The van der Waals surface area contributed by atoms with Crippen LogP contribution in [-0.4, -0.2) is 30.9 Å². The molecule has 4 N–H and O–H groups in total. The third-order valence-electron chi connectivity index (χ3n) is 2.73. The molecule has 0 aliphatic heterocycles. The molecule has 0 radical (unpaired) electrons. The van der Waals surface area contributed by atoms with Gasteiger partial charge in [-0.3, -0.25) is 9.59 Å². The number of hydrogen-bond acceptors (Lipinski definition) is 3. The van der Waals surface area contributed by atoms with Crippen molar-refractivity contribution in [2.45, 2.75) is 25.8 Å². The van der Waals surface area contributed by atoms with E-state index in [0.29, 0.717) is 31.5 Å². The van der Waals surface area contributed by atoms with Crippen molar-refractivity contribution in [3.8, 4) is 0 Å². The Morgan fingerprint density at radius 1 is 1.30 bits per heavy atom. The van der Waals surface area contributed by atoms with E-state index in [0.717, 1.165) is 0 Å². The van der Waals surface area contributed by atoms with E-state index in [-0.39, 0.29) is 23.7 Å². The first-order valence-electron chi connectivity index (χ1n) is 6.56. The van der Waals surface area contributed by atoms with Gasteiger partial charge in [-0.15, -0.1) is 0 Å². The van der Waals surface area contributed by atoms with Crippen LogP contribution in [0.3, 0.4) is 0 Å². The second-order valence-electron chi connectivity index (χ2n) is 4.57. The summed E-state index contributed by atoms with van der Waals surface area (Å²) in [4.78, 5) is 23.1. The lowest BCUT2D eigenvalue weighted by Gasteiger charge is -2.11. The van der Waals surface area contributed by atoms with Crippen LogP contribution >= 0.6 is 0 Å². The Morgan fingerprint density at radius 3 is 2.55 bits per heavy atom. The zero-order valence-corrected chi connectivity index (χ0v) is 11.5. The molecule has 1 atom stereocenters. The Labute approximate surface area is 117 Å². The lowest BCUT2D eigenvalue weighted by atomic mass is 10.2. The Kier molecular flexibility index (Phi) is 6.66. The van der Waals surface area contributed by atoms with Crippen LogP contribution in [0, 0.1) is 5.82 Å². The van der Waals surface area contributed by atoms with Crippen LogP contribution in [0.5, 0.6) is 0 Å². The number of rotatable bonds is 7. The van der Waals surface area contributed by atoms with Gasteiger partial charge in [0.25, 0.3) is 5.91 Å². The zero-order valence-electron chi connectivity index (χ0n) is 11.5. The zero-order chi connectivity index (χ0) is 15.0. The SMILES string of the molecule is C[C@@H](CN)NC(=O)CCCNC(=O)c1ccc(F)cc1. The fourth-order valence-electron chi connectivity index (χ4n) is 1.56. The molecule has 1 aromatic carbocycles. The number of amides is 2. The standard InChI is InChI=1S/C14H20FN3O2/c1-10(9-16)18-13(19)3-2-8-17-14(20)11-4-6-12(15)7-5-11/h4-7,10H,2-3,8-9,16H2,1H3,(H,17,20)(H,18,19)/t10-/m0/s1. The van der Waals surface area contributed by atoms with Gasteiger partial charge in [0.2, 0.25) is 5.91 Å². The quantitative estimate of drug-likeness (QED) is 0.646. The highest BCUT2D eigenvalue weighted by Crippen LogP contribution is 2.02.